The topological polar surface area (TPSA) is 54.9 Å². The SMILES string of the molecule is Cc1nsc(NC(=O)[C@@H]2C[C@@H]2c2ccc3ccccc3c2)n1. The van der Waals surface area contributed by atoms with E-state index in [-0.39, 0.29) is 11.8 Å². The minimum Gasteiger partial charge on any atom is -0.300 e. The van der Waals surface area contributed by atoms with E-state index in [4.69, 9.17) is 0 Å². The Kier molecular flexibility index (Phi) is 3.15. The van der Waals surface area contributed by atoms with Gasteiger partial charge in [-0.2, -0.15) is 4.37 Å². The third kappa shape index (κ3) is 2.48. The predicted molar refractivity (Wildman–Crippen MR) is 88.1 cm³/mol. The number of amides is 1. The minimum absolute atomic E-state index is 0.0466. The second-order valence-electron chi connectivity index (χ2n) is 5.69. The van der Waals surface area contributed by atoms with Crippen molar-refractivity contribution in [2.24, 2.45) is 5.92 Å². The largest absolute Gasteiger partial charge is 0.300 e. The van der Waals surface area contributed by atoms with Gasteiger partial charge in [0, 0.05) is 17.5 Å². The number of hydrogen-bond donors (Lipinski definition) is 1. The first kappa shape index (κ1) is 13.4. The maximum Gasteiger partial charge on any atom is 0.229 e. The summed E-state index contributed by atoms with van der Waals surface area (Å²) in [6, 6.07) is 14.8. The molecule has 22 heavy (non-hydrogen) atoms. The Morgan fingerprint density at radius 1 is 1.23 bits per heavy atom. The monoisotopic (exact) mass is 309 g/mol. The highest BCUT2D eigenvalue weighted by Crippen LogP contribution is 2.48. The van der Waals surface area contributed by atoms with Gasteiger partial charge in [-0.15, -0.1) is 0 Å². The van der Waals surface area contributed by atoms with Crippen molar-refractivity contribution in [3.63, 3.8) is 0 Å². The van der Waals surface area contributed by atoms with E-state index in [2.05, 4.69) is 45.0 Å². The summed E-state index contributed by atoms with van der Waals surface area (Å²) in [4.78, 5) is 16.4. The average molecular weight is 309 g/mol. The van der Waals surface area contributed by atoms with Gasteiger partial charge in [0.05, 0.1) is 0 Å². The van der Waals surface area contributed by atoms with Crippen LogP contribution in [0.15, 0.2) is 42.5 Å². The molecular formula is C17H15N3OS. The van der Waals surface area contributed by atoms with Crippen LogP contribution in [-0.4, -0.2) is 15.3 Å². The Labute approximate surface area is 132 Å². The van der Waals surface area contributed by atoms with Crippen LogP contribution in [0, 0.1) is 12.8 Å². The van der Waals surface area contributed by atoms with Gasteiger partial charge in [0.25, 0.3) is 0 Å². The molecule has 1 N–H and O–H groups in total. The summed E-state index contributed by atoms with van der Waals surface area (Å²) in [5.74, 6) is 1.11. The number of nitrogens with zero attached hydrogens (tertiary/aromatic N) is 2. The van der Waals surface area contributed by atoms with Crippen LogP contribution in [-0.2, 0) is 4.79 Å². The van der Waals surface area contributed by atoms with Crippen molar-refractivity contribution >= 4 is 33.3 Å². The fourth-order valence-corrected chi connectivity index (χ4v) is 3.42. The number of nitrogens with one attached hydrogen (secondary N) is 1. The molecule has 0 unspecified atom stereocenters. The molecule has 2 aromatic carbocycles. The summed E-state index contributed by atoms with van der Waals surface area (Å²) >= 11 is 1.23. The lowest BCUT2D eigenvalue weighted by molar-refractivity contribution is -0.117. The third-order valence-electron chi connectivity index (χ3n) is 4.09. The quantitative estimate of drug-likeness (QED) is 0.802. The first-order valence-corrected chi connectivity index (χ1v) is 8.08. The average Bonchev–Trinajstić information content (AvgIpc) is 3.24. The molecule has 5 heteroatoms. The van der Waals surface area contributed by atoms with Crippen molar-refractivity contribution < 1.29 is 4.79 Å². The van der Waals surface area contributed by atoms with E-state index < -0.39 is 0 Å². The molecule has 1 aliphatic rings. The van der Waals surface area contributed by atoms with Gasteiger partial charge >= 0.3 is 0 Å². The lowest BCUT2D eigenvalue weighted by atomic mass is 10.0. The number of benzene rings is 2. The van der Waals surface area contributed by atoms with E-state index in [0.29, 0.717) is 16.9 Å². The smallest absolute Gasteiger partial charge is 0.229 e. The van der Waals surface area contributed by atoms with Crippen LogP contribution in [0.4, 0.5) is 5.13 Å². The summed E-state index contributed by atoms with van der Waals surface area (Å²) in [6.07, 6.45) is 0.905. The molecule has 1 fully saturated rings. The molecule has 0 aliphatic heterocycles. The van der Waals surface area contributed by atoms with Gasteiger partial charge < -0.3 is 5.32 Å². The molecule has 0 spiro atoms. The van der Waals surface area contributed by atoms with Crippen LogP contribution in [0.3, 0.4) is 0 Å². The lowest BCUT2D eigenvalue weighted by Crippen LogP contribution is -2.14. The first-order chi connectivity index (χ1) is 10.7. The van der Waals surface area contributed by atoms with Crippen molar-refractivity contribution in [3.8, 4) is 0 Å². The van der Waals surface area contributed by atoms with Crippen LogP contribution >= 0.6 is 11.5 Å². The molecule has 1 saturated carbocycles. The summed E-state index contributed by atoms with van der Waals surface area (Å²) < 4.78 is 4.08. The molecule has 4 nitrogen and oxygen atoms in total. The molecule has 4 rings (SSSR count). The number of carbonyl (C=O) groups is 1. The molecule has 2 atom stereocenters. The van der Waals surface area contributed by atoms with Gasteiger partial charge in [-0.3, -0.25) is 4.79 Å². The number of fused-ring (bicyclic) bond motifs is 1. The minimum atomic E-state index is 0.0466. The van der Waals surface area contributed by atoms with E-state index >= 15 is 0 Å². The molecule has 1 aliphatic carbocycles. The highest BCUT2D eigenvalue weighted by Gasteiger charge is 2.44. The summed E-state index contributed by atoms with van der Waals surface area (Å²) in [5, 5.41) is 5.92. The molecule has 0 bridgehead atoms. The number of aryl methyl sites for hydroxylation is 1. The molecule has 0 radical (unpaired) electrons. The van der Waals surface area contributed by atoms with Crippen LogP contribution in [0.1, 0.15) is 23.7 Å². The second kappa shape index (κ2) is 5.18. The zero-order chi connectivity index (χ0) is 15.1. The normalized spacial score (nSPS) is 20.0. The van der Waals surface area contributed by atoms with Gasteiger partial charge in [0.15, 0.2) is 0 Å². The van der Waals surface area contributed by atoms with Gasteiger partial charge in [-0.05, 0) is 35.6 Å². The highest BCUT2D eigenvalue weighted by atomic mass is 32.1. The fraction of sp³-hybridized carbons (Fsp3) is 0.235. The second-order valence-corrected chi connectivity index (χ2v) is 6.44. The van der Waals surface area contributed by atoms with E-state index in [0.717, 1.165) is 6.42 Å². The van der Waals surface area contributed by atoms with Crippen molar-refractivity contribution in [1.82, 2.24) is 9.36 Å². The Morgan fingerprint density at radius 3 is 2.82 bits per heavy atom. The zero-order valence-electron chi connectivity index (χ0n) is 12.1. The third-order valence-corrected chi connectivity index (χ3v) is 4.81. The van der Waals surface area contributed by atoms with E-state index in [9.17, 15) is 4.79 Å². The number of rotatable bonds is 3. The Hall–Kier alpha value is -2.27. The molecule has 3 aromatic rings. The van der Waals surface area contributed by atoms with Crippen molar-refractivity contribution in [2.45, 2.75) is 19.3 Å². The molecule has 0 saturated heterocycles. The molecule has 1 aromatic heterocycles. The van der Waals surface area contributed by atoms with Crippen LogP contribution in [0.25, 0.3) is 10.8 Å². The fourth-order valence-electron chi connectivity index (χ4n) is 2.84. The molecule has 1 heterocycles. The van der Waals surface area contributed by atoms with Gasteiger partial charge in [0.2, 0.25) is 11.0 Å². The van der Waals surface area contributed by atoms with Gasteiger partial charge in [0.1, 0.15) is 5.82 Å². The van der Waals surface area contributed by atoms with Crippen molar-refractivity contribution in [3.05, 3.63) is 53.9 Å². The van der Waals surface area contributed by atoms with E-state index in [1.165, 1.54) is 27.9 Å². The maximum atomic E-state index is 12.3. The predicted octanol–water partition coefficient (Wildman–Crippen LogP) is 3.74. The standard InChI is InChI=1S/C17H15N3OS/c1-10-18-17(22-20-10)19-16(21)15-9-14(15)13-7-6-11-4-2-3-5-12(11)8-13/h2-8,14-15H,9H2,1H3,(H,18,19,20,21)/t14-,15-/m1/s1. The number of carbonyl (C=O) groups excluding carboxylic acids is 1. The van der Waals surface area contributed by atoms with E-state index in [1.54, 1.807) is 0 Å². The van der Waals surface area contributed by atoms with Crippen molar-refractivity contribution in [1.29, 1.82) is 0 Å². The number of anilines is 1. The summed E-state index contributed by atoms with van der Waals surface area (Å²) in [5.41, 5.74) is 1.24. The first-order valence-electron chi connectivity index (χ1n) is 7.30. The number of aromatic nitrogens is 2. The Morgan fingerprint density at radius 2 is 2.05 bits per heavy atom. The van der Waals surface area contributed by atoms with Crippen molar-refractivity contribution in [2.75, 3.05) is 5.32 Å². The molecular weight excluding hydrogens is 294 g/mol. The molecule has 1 amide bonds. The van der Waals surface area contributed by atoms with Crippen LogP contribution in [0.5, 0.6) is 0 Å². The Bertz CT molecular complexity index is 858. The zero-order valence-corrected chi connectivity index (χ0v) is 12.9. The maximum absolute atomic E-state index is 12.3. The summed E-state index contributed by atoms with van der Waals surface area (Å²) in [7, 11) is 0. The Balaban J connectivity index is 1.49. The van der Waals surface area contributed by atoms with Gasteiger partial charge in [-0.25, -0.2) is 4.98 Å². The van der Waals surface area contributed by atoms with E-state index in [1.807, 2.05) is 19.1 Å². The van der Waals surface area contributed by atoms with Crippen LogP contribution in [0.2, 0.25) is 0 Å². The lowest BCUT2D eigenvalue weighted by Gasteiger charge is -2.04. The van der Waals surface area contributed by atoms with Crippen LogP contribution < -0.4 is 5.32 Å². The number of hydrogen-bond acceptors (Lipinski definition) is 4. The highest BCUT2D eigenvalue weighted by molar-refractivity contribution is 7.09. The summed E-state index contributed by atoms with van der Waals surface area (Å²) in [6.45, 7) is 1.82. The molecule has 110 valence electrons. The van der Waals surface area contributed by atoms with Gasteiger partial charge in [-0.1, -0.05) is 42.5 Å².